The quantitative estimate of drug-likeness (QED) is 0.828. The molecule has 1 aromatic carbocycles. The minimum absolute atomic E-state index is 0.0658. The Hall–Kier alpha value is -1.77. The fourth-order valence-electron chi connectivity index (χ4n) is 2.17. The van der Waals surface area contributed by atoms with Gasteiger partial charge in [0.2, 0.25) is 5.91 Å². The summed E-state index contributed by atoms with van der Waals surface area (Å²) >= 11 is 0. The van der Waals surface area contributed by atoms with Crippen LogP contribution in [0.3, 0.4) is 0 Å². The molecule has 0 saturated carbocycles. The van der Waals surface area contributed by atoms with Crippen LogP contribution in [-0.2, 0) is 4.79 Å². The third-order valence-electron chi connectivity index (χ3n) is 3.03. The van der Waals surface area contributed by atoms with E-state index in [1.807, 2.05) is 26.0 Å². The molecule has 0 radical (unpaired) electrons. The van der Waals surface area contributed by atoms with Crippen molar-refractivity contribution in [2.75, 3.05) is 23.3 Å². The van der Waals surface area contributed by atoms with Gasteiger partial charge in [-0.3, -0.25) is 4.79 Å². The Labute approximate surface area is 108 Å². The van der Waals surface area contributed by atoms with Crippen molar-refractivity contribution >= 4 is 17.3 Å². The van der Waals surface area contributed by atoms with Crippen molar-refractivity contribution in [1.29, 1.82) is 0 Å². The second kappa shape index (κ2) is 5.71. The molecule has 1 aliphatic heterocycles. The highest BCUT2D eigenvalue weighted by atomic mass is 16.1. The Morgan fingerprint density at radius 3 is 2.33 bits per heavy atom. The molecular weight excluding hydrogens is 224 g/mol. The molecule has 2 rings (SSSR count). The van der Waals surface area contributed by atoms with Gasteiger partial charge < -0.3 is 10.2 Å². The molecule has 0 spiro atoms. The number of nitrogens with zero attached hydrogens (tertiary/aromatic N) is 1. The van der Waals surface area contributed by atoms with E-state index in [2.05, 4.69) is 22.3 Å². The van der Waals surface area contributed by atoms with E-state index >= 15 is 0 Å². The average molecular weight is 244 g/mol. The van der Waals surface area contributed by atoms with Crippen molar-refractivity contribution < 1.29 is 4.79 Å². The van der Waals surface area contributed by atoms with Gasteiger partial charge in [-0.2, -0.15) is 0 Å². The Kier molecular flexibility index (Phi) is 4.03. The molecule has 3 nitrogen and oxygen atoms in total. The SMILES string of the molecule is CC(C)=CC(=O)Nc1ccc(N2CCCC2)cc1. The van der Waals surface area contributed by atoms with Gasteiger partial charge >= 0.3 is 0 Å². The molecule has 1 amide bonds. The van der Waals surface area contributed by atoms with Crippen LogP contribution < -0.4 is 10.2 Å². The zero-order valence-corrected chi connectivity index (χ0v) is 11.1. The Morgan fingerprint density at radius 1 is 1.17 bits per heavy atom. The van der Waals surface area contributed by atoms with Gasteiger partial charge in [0, 0.05) is 30.5 Å². The second-order valence-corrected chi connectivity index (χ2v) is 4.95. The standard InChI is InChI=1S/C15H20N2O/c1-12(2)11-15(18)16-13-5-7-14(8-6-13)17-9-3-4-10-17/h5-8,11H,3-4,9-10H2,1-2H3,(H,16,18). The van der Waals surface area contributed by atoms with E-state index in [-0.39, 0.29) is 5.91 Å². The summed E-state index contributed by atoms with van der Waals surface area (Å²) in [6, 6.07) is 8.07. The normalized spacial score (nSPS) is 14.4. The topological polar surface area (TPSA) is 32.3 Å². The van der Waals surface area contributed by atoms with E-state index in [9.17, 15) is 4.79 Å². The summed E-state index contributed by atoms with van der Waals surface area (Å²) in [4.78, 5) is 13.9. The molecule has 3 heteroatoms. The van der Waals surface area contributed by atoms with Crippen LogP contribution in [0.15, 0.2) is 35.9 Å². The molecule has 0 atom stereocenters. The van der Waals surface area contributed by atoms with Crippen LogP contribution in [0, 0.1) is 0 Å². The highest BCUT2D eigenvalue weighted by molar-refractivity contribution is 5.99. The fraction of sp³-hybridized carbons (Fsp3) is 0.400. The number of carbonyl (C=O) groups excluding carboxylic acids is 1. The summed E-state index contributed by atoms with van der Waals surface area (Å²) < 4.78 is 0. The minimum atomic E-state index is -0.0658. The van der Waals surface area contributed by atoms with Crippen LogP contribution in [-0.4, -0.2) is 19.0 Å². The first-order valence-corrected chi connectivity index (χ1v) is 6.46. The summed E-state index contributed by atoms with van der Waals surface area (Å²) in [7, 11) is 0. The minimum Gasteiger partial charge on any atom is -0.372 e. The van der Waals surface area contributed by atoms with Gasteiger partial charge in [-0.15, -0.1) is 0 Å². The molecule has 1 heterocycles. The summed E-state index contributed by atoms with van der Waals surface area (Å²) in [5.41, 5.74) is 3.09. The largest absolute Gasteiger partial charge is 0.372 e. The lowest BCUT2D eigenvalue weighted by Gasteiger charge is -2.17. The highest BCUT2D eigenvalue weighted by Gasteiger charge is 2.11. The third-order valence-corrected chi connectivity index (χ3v) is 3.03. The fourth-order valence-corrected chi connectivity index (χ4v) is 2.17. The molecule has 1 N–H and O–H groups in total. The predicted octanol–water partition coefficient (Wildman–Crippen LogP) is 3.19. The van der Waals surface area contributed by atoms with Gasteiger partial charge in [0.05, 0.1) is 0 Å². The number of hydrogen-bond donors (Lipinski definition) is 1. The number of amides is 1. The van der Waals surface area contributed by atoms with Crippen molar-refractivity contribution in [3.8, 4) is 0 Å². The maximum absolute atomic E-state index is 11.6. The van der Waals surface area contributed by atoms with E-state index < -0.39 is 0 Å². The number of rotatable bonds is 3. The average Bonchev–Trinajstić information content (AvgIpc) is 2.82. The van der Waals surface area contributed by atoms with Crippen LogP contribution in [0.4, 0.5) is 11.4 Å². The summed E-state index contributed by atoms with van der Waals surface area (Å²) in [6.07, 6.45) is 4.16. The number of hydrogen-bond acceptors (Lipinski definition) is 2. The molecule has 0 bridgehead atoms. The zero-order valence-electron chi connectivity index (χ0n) is 11.1. The van der Waals surface area contributed by atoms with E-state index in [0.29, 0.717) is 0 Å². The number of carbonyl (C=O) groups is 1. The number of benzene rings is 1. The van der Waals surface area contributed by atoms with Crippen LogP contribution >= 0.6 is 0 Å². The van der Waals surface area contributed by atoms with Crippen LogP contribution in [0.25, 0.3) is 0 Å². The monoisotopic (exact) mass is 244 g/mol. The van der Waals surface area contributed by atoms with Crippen molar-refractivity contribution in [3.63, 3.8) is 0 Å². The molecule has 0 aliphatic carbocycles. The molecule has 1 fully saturated rings. The molecule has 18 heavy (non-hydrogen) atoms. The zero-order chi connectivity index (χ0) is 13.0. The lowest BCUT2D eigenvalue weighted by atomic mass is 10.2. The first-order valence-electron chi connectivity index (χ1n) is 6.46. The Balaban J connectivity index is 1.99. The molecule has 0 unspecified atom stereocenters. The first-order chi connectivity index (χ1) is 8.65. The predicted molar refractivity (Wildman–Crippen MR) is 75.9 cm³/mol. The molecule has 96 valence electrons. The third kappa shape index (κ3) is 3.36. The van der Waals surface area contributed by atoms with Crippen molar-refractivity contribution in [1.82, 2.24) is 0 Å². The Morgan fingerprint density at radius 2 is 1.78 bits per heavy atom. The molecule has 1 aliphatic rings. The van der Waals surface area contributed by atoms with Gasteiger partial charge in [-0.1, -0.05) is 5.57 Å². The maximum atomic E-state index is 11.6. The van der Waals surface area contributed by atoms with Crippen molar-refractivity contribution in [2.24, 2.45) is 0 Å². The smallest absolute Gasteiger partial charge is 0.248 e. The first kappa shape index (κ1) is 12.7. The van der Waals surface area contributed by atoms with Crippen molar-refractivity contribution in [2.45, 2.75) is 26.7 Å². The second-order valence-electron chi connectivity index (χ2n) is 4.95. The van der Waals surface area contributed by atoms with Crippen LogP contribution in [0.2, 0.25) is 0 Å². The van der Waals surface area contributed by atoms with E-state index in [1.54, 1.807) is 6.08 Å². The molecule has 1 saturated heterocycles. The van der Waals surface area contributed by atoms with Crippen LogP contribution in [0.5, 0.6) is 0 Å². The lowest BCUT2D eigenvalue weighted by molar-refractivity contribution is -0.111. The van der Waals surface area contributed by atoms with E-state index in [4.69, 9.17) is 0 Å². The van der Waals surface area contributed by atoms with Gasteiger partial charge in [0.25, 0.3) is 0 Å². The summed E-state index contributed by atoms with van der Waals surface area (Å²) in [5.74, 6) is -0.0658. The molecular formula is C15H20N2O. The highest BCUT2D eigenvalue weighted by Crippen LogP contribution is 2.21. The number of nitrogens with one attached hydrogen (secondary N) is 1. The summed E-state index contributed by atoms with van der Waals surface area (Å²) in [5, 5.41) is 2.86. The maximum Gasteiger partial charge on any atom is 0.248 e. The number of anilines is 2. The Bertz CT molecular complexity index is 438. The van der Waals surface area contributed by atoms with Gasteiger partial charge in [-0.05, 0) is 51.0 Å². The van der Waals surface area contributed by atoms with Gasteiger partial charge in [0.15, 0.2) is 0 Å². The molecule has 0 aromatic heterocycles. The lowest BCUT2D eigenvalue weighted by Crippen LogP contribution is -2.17. The van der Waals surface area contributed by atoms with E-state index in [1.165, 1.54) is 18.5 Å². The number of allylic oxidation sites excluding steroid dienone is 1. The van der Waals surface area contributed by atoms with Gasteiger partial charge in [0.1, 0.15) is 0 Å². The van der Waals surface area contributed by atoms with Crippen molar-refractivity contribution in [3.05, 3.63) is 35.9 Å². The molecule has 1 aromatic rings. The van der Waals surface area contributed by atoms with E-state index in [0.717, 1.165) is 24.4 Å². The van der Waals surface area contributed by atoms with Crippen LogP contribution in [0.1, 0.15) is 26.7 Å². The summed E-state index contributed by atoms with van der Waals surface area (Å²) in [6.45, 7) is 6.11. The van der Waals surface area contributed by atoms with Gasteiger partial charge in [-0.25, -0.2) is 0 Å².